The van der Waals surface area contributed by atoms with Gasteiger partial charge in [-0.15, -0.1) is 0 Å². The van der Waals surface area contributed by atoms with Crippen molar-refractivity contribution in [2.45, 2.75) is 25.4 Å². The van der Waals surface area contributed by atoms with Gasteiger partial charge in [-0.2, -0.15) is 13.2 Å². The number of halogens is 3. The Morgan fingerprint density at radius 1 is 1.19 bits per heavy atom. The van der Waals surface area contributed by atoms with Gasteiger partial charge < -0.3 is 10.1 Å². The Morgan fingerprint density at radius 3 is 2.85 bits per heavy atom. The number of nitrogens with one attached hydrogen (secondary N) is 1. The number of ether oxygens (including phenoxy) is 1. The number of morpholine rings is 1. The van der Waals surface area contributed by atoms with E-state index in [1.165, 1.54) is 12.1 Å². The van der Waals surface area contributed by atoms with Gasteiger partial charge in [-0.3, -0.25) is 9.69 Å². The monoisotopic (exact) mass is 376 g/mol. The van der Waals surface area contributed by atoms with Gasteiger partial charge in [0.05, 0.1) is 18.3 Å². The molecule has 0 bridgehead atoms. The van der Waals surface area contributed by atoms with Gasteiger partial charge in [0, 0.05) is 31.7 Å². The van der Waals surface area contributed by atoms with Crippen LogP contribution in [0.4, 0.5) is 13.2 Å². The van der Waals surface area contributed by atoms with Gasteiger partial charge in [0.1, 0.15) is 0 Å². The van der Waals surface area contributed by atoms with E-state index in [0.29, 0.717) is 43.9 Å². The summed E-state index contributed by atoms with van der Waals surface area (Å²) in [5.41, 5.74) is 2.64. The minimum atomic E-state index is -4.33. The third-order valence-electron chi connectivity index (χ3n) is 5.00. The van der Waals surface area contributed by atoms with Gasteiger partial charge in [0.25, 0.3) is 5.91 Å². The van der Waals surface area contributed by atoms with Gasteiger partial charge in [-0.1, -0.05) is 30.3 Å². The Kier molecular flexibility index (Phi) is 4.65. The number of carbonyl (C=O) groups excluding carboxylic acids is 1. The normalized spacial score (nSPS) is 20.4. The van der Waals surface area contributed by atoms with Gasteiger partial charge in [0.15, 0.2) is 0 Å². The molecule has 2 aromatic carbocycles. The van der Waals surface area contributed by atoms with E-state index in [1.54, 1.807) is 6.07 Å². The van der Waals surface area contributed by atoms with Crippen molar-refractivity contribution in [1.82, 2.24) is 10.2 Å². The predicted molar refractivity (Wildman–Crippen MR) is 93.0 cm³/mol. The lowest BCUT2D eigenvalue weighted by molar-refractivity contribution is -0.137. The fourth-order valence-electron chi connectivity index (χ4n) is 3.60. The molecule has 1 amide bonds. The minimum absolute atomic E-state index is 0.0627. The second kappa shape index (κ2) is 6.98. The number of amides is 1. The largest absolute Gasteiger partial charge is 0.416 e. The number of hydrogen-bond donors (Lipinski definition) is 1. The molecule has 1 N–H and O–H groups in total. The highest BCUT2D eigenvalue weighted by molar-refractivity contribution is 5.98. The Hall–Kier alpha value is -2.38. The molecule has 1 saturated heterocycles. The van der Waals surface area contributed by atoms with E-state index in [0.717, 1.165) is 17.2 Å². The van der Waals surface area contributed by atoms with Crippen molar-refractivity contribution in [2.24, 2.45) is 0 Å². The number of alkyl halides is 3. The van der Waals surface area contributed by atoms with E-state index in [-0.39, 0.29) is 12.0 Å². The molecule has 0 unspecified atom stereocenters. The molecule has 2 aliphatic heterocycles. The van der Waals surface area contributed by atoms with Crippen LogP contribution < -0.4 is 5.32 Å². The lowest BCUT2D eigenvalue weighted by atomic mass is 10.0. The highest BCUT2D eigenvalue weighted by atomic mass is 19.4. The summed E-state index contributed by atoms with van der Waals surface area (Å²) in [5, 5.41) is 2.79. The molecule has 0 radical (unpaired) electrons. The van der Waals surface area contributed by atoms with Gasteiger partial charge >= 0.3 is 6.18 Å². The molecular formula is C20H19F3N2O2. The third kappa shape index (κ3) is 3.84. The molecule has 4 rings (SSSR count). The zero-order valence-electron chi connectivity index (χ0n) is 14.6. The lowest BCUT2D eigenvalue weighted by Gasteiger charge is -2.33. The van der Waals surface area contributed by atoms with E-state index in [1.807, 2.05) is 18.2 Å². The maximum atomic E-state index is 12.9. The third-order valence-corrected chi connectivity index (χ3v) is 5.00. The number of benzene rings is 2. The molecule has 1 atom stereocenters. The second-order valence-corrected chi connectivity index (χ2v) is 6.89. The smallest absolute Gasteiger partial charge is 0.371 e. The second-order valence-electron chi connectivity index (χ2n) is 6.89. The molecule has 0 spiro atoms. The zero-order valence-corrected chi connectivity index (χ0v) is 14.6. The van der Waals surface area contributed by atoms with Crippen molar-refractivity contribution < 1.29 is 22.7 Å². The van der Waals surface area contributed by atoms with Crippen LogP contribution in [0, 0.1) is 0 Å². The summed E-state index contributed by atoms with van der Waals surface area (Å²) in [7, 11) is 0. The molecule has 27 heavy (non-hydrogen) atoms. The molecule has 142 valence electrons. The fraction of sp³-hybridized carbons (Fsp3) is 0.350. The van der Waals surface area contributed by atoms with Gasteiger partial charge in [-0.05, 0) is 28.8 Å². The van der Waals surface area contributed by atoms with Crippen LogP contribution in [0.1, 0.15) is 38.7 Å². The van der Waals surface area contributed by atoms with Crippen LogP contribution in [-0.4, -0.2) is 30.5 Å². The van der Waals surface area contributed by atoms with E-state index in [2.05, 4.69) is 10.2 Å². The summed E-state index contributed by atoms with van der Waals surface area (Å²) in [4.78, 5) is 13.8. The molecule has 2 aromatic rings. The molecular weight excluding hydrogens is 357 g/mol. The first-order valence-electron chi connectivity index (χ1n) is 8.81. The predicted octanol–water partition coefficient (Wildman–Crippen LogP) is 3.52. The van der Waals surface area contributed by atoms with E-state index in [9.17, 15) is 18.0 Å². The minimum Gasteiger partial charge on any atom is -0.371 e. The van der Waals surface area contributed by atoms with Crippen LogP contribution in [0.5, 0.6) is 0 Å². The molecule has 2 heterocycles. The number of carbonyl (C=O) groups is 1. The molecule has 4 nitrogen and oxygen atoms in total. The number of nitrogens with zero attached hydrogens (tertiary/aromatic N) is 1. The van der Waals surface area contributed by atoms with Crippen molar-refractivity contribution >= 4 is 5.91 Å². The summed E-state index contributed by atoms with van der Waals surface area (Å²) in [6.45, 7) is 2.73. The SMILES string of the molecule is O=C1NCc2cc([C@@H]3CN(Cc4cccc(C(F)(F)F)c4)CCO3)ccc21. The average molecular weight is 376 g/mol. The van der Waals surface area contributed by atoms with E-state index in [4.69, 9.17) is 4.74 Å². The standard InChI is InChI=1S/C20H19F3N2O2/c21-20(22,23)16-3-1-2-13(8-16)11-25-6-7-27-18(12-25)14-4-5-17-15(9-14)10-24-19(17)26/h1-5,8-9,18H,6-7,10-12H2,(H,24,26)/t18-/m0/s1. The van der Waals surface area contributed by atoms with Crippen LogP contribution in [0.3, 0.4) is 0 Å². The first kappa shape index (κ1) is 18.0. The Labute approximate surface area is 154 Å². The van der Waals surface area contributed by atoms with E-state index >= 15 is 0 Å². The summed E-state index contributed by atoms with van der Waals surface area (Å²) in [5.74, 6) is -0.0627. The molecule has 0 saturated carbocycles. The number of rotatable bonds is 3. The molecule has 2 aliphatic rings. The molecule has 7 heteroatoms. The lowest BCUT2D eigenvalue weighted by Crippen LogP contribution is -2.37. The zero-order chi connectivity index (χ0) is 19.0. The number of hydrogen-bond acceptors (Lipinski definition) is 3. The first-order valence-corrected chi connectivity index (χ1v) is 8.81. The van der Waals surface area contributed by atoms with Crippen molar-refractivity contribution in [3.8, 4) is 0 Å². The van der Waals surface area contributed by atoms with Crippen LogP contribution in [0.2, 0.25) is 0 Å². The van der Waals surface area contributed by atoms with Crippen LogP contribution in [0.15, 0.2) is 42.5 Å². The summed E-state index contributed by atoms with van der Waals surface area (Å²) in [6, 6.07) is 11.1. The first-order chi connectivity index (χ1) is 12.9. The molecule has 1 fully saturated rings. The van der Waals surface area contributed by atoms with Crippen molar-refractivity contribution in [2.75, 3.05) is 19.7 Å². The quantitative estimate of drug-likeness (QED) is 0.891. The highest BCUT2D eigenvalue weighted by Gasteiger charge is 2.31. The molecule has 0 aromatic heterocycles. The van der Waals surface area contributed by atoms with Crippen LogP contribution in [0.25, 0.3) is 0 Å². The fourth-order valence-corrected chi connectivity index (χ4v) is 3.60. The van der Waals surface area contributed by atoms with Crippen molar-refractivity contribution in [1.29, 1.82) is 0 Å². The van der Waals surface area contributed by atoms with Crippen LogP contribution in [-0.2, 0) is 24.0 Å². The Balaban J connectivity index is 1.47. The maximum absolute atomic E-state index is 12.9. The van der Waals surface area contributed by atoms with Crippen LogP contribution >= 0.6 is 0 Å². The molecule has 0 aliphatic carbocycles. The maximum Gasteiger partial charge on any atom is 0.416 e. The Morgan fingerprint density at radius 2 is 2.04 bits per heavy atom. The summed E-state index contributed by atoms with van der Waals surface area (Å²) < 4.78 is 44.6. The topological polar surface area (TPSA) is 41.6 Å². The summed E-state index contributed by atoms with van der Waals surface area (Å²) >= 11 is 0. The average Bonchev–Trinajstić information content (AvgIpc) is 3.02. The van der Waals surface area contributed by atoms with E-state index < -0.39 is 11.7 Å². The number of fused-ring (bicyclic) bond motifs is 1. The Bertz CT molecular complexity index is 867. The van der Waals surface area contributed by atoms with Crippen molar-refractivity contribution in [3.63, 3.8) is 0 Å². The summed E-state index contributed by atoms with van der Waals surface area (Å²) in [6.07, 6.45) is -4.50. The van der Waals surface area contributed by atoms with Crippen molar-refractivity contribution in [3.05, 3.63) is 70.3 Å². The van der Waals surface area contributed by atoms with Gasteiger partial charge in [0.2, 0.25) is 0 Å². The highest BCUT2D eigenvalue weighted by Crippen LogP contribution is 2.31. The van der Waals surface area contributed by atoms with Gasteiger partial charge in [-0.25, -0.2) is 0 Å².